The number of hydrogen-bond acceptors (Lipinski definition) is 1. The summed E-state index contributed by atoms with van der Waals surface area (Å²) in [6.45, 7) is 3.98. The molecule has 0 atom stereocenters. The maximum absolute atomic E-state index is 12.4. The first-order valence-electron chi connectivity index (χ1n) is 3.32. The number of pyridine rings is 1. The molecule has 1 heterocycles. The van der Waals surface area contributed by atoms with Gasteiger partial charge in [0.15, 0.2) is 0 Å². The van der Waals surface area contributed by atoms with Gasteiger partial charge < -0.3 is 0 Å². The quantitative estimate of drug-likeness (QED) is 0.544. The molecule has 1 rings (SSSR count). The lowest BCUT2D eigenvalue weighted by Gasteiger charge is -2.01. The first-order valence-corrected chi connectivity index (χ1v) is 3.32. The number of rotatable bonds is 1. The lowest BCUT2D eigenvalue weighted by molar-refractivity contribution is 0.571. The minimum Gasteiger partial charge on any atom is -0.225 e. The number of aromatic nitrogens is 1. The zero-order valence-electron chi connectivity index (χ0n) is 6.13. The Morgan fingerprint density at radius 1 is 1.40 bits per heavy atom. The molecule has 1 nitrogen and oxygen atoms in total. The van der Waals surface area contributed by atoms with E-state index in [0.717, 1.165) is 5.69 Å². The molecule has 1 aromatic rings. The number of halogens is 1. The van der Waals surface area contributed by atoms with Crippen LogP contribution in [-0.2, 0) is 0 Å². The highest BCUT2D eigenvalue weighted by Crippen LogP contribution is 2.10. The number of hydrogen-bond donors (Lipinski definition) is 0. The average molecular weight is 139 g/mol. The van der Waals surface area contributed by atoms with Gasteiger partial charge >= 0.3 is 0 Å². The van der Waals surface area contributed by atoms with Crippen molar-refractivity contribution in [2.45, 2.75) is 19.8 Å². The molecule has 0 aromatic carbocycles. The molecule has 1 aromatic heterocycles. The summed E-state index contributed by atoms with van der Waals surface area (Å²) in [6, 6.07) is 4.86. The normalized spacial score (nSPS) is 10.4. The Kier molecular flexibility index (Phi) is 2.00. The monoisotopic (exact) mass is 139 g/mol. The summed E-state index contributed by atoms with van der Waals surface area (Å²) in [5.41, 5.74) is 0.806. The molecule has 0 spiro atoms. The minimum absolute atomic E-state index is 0.302. The molecule has 0 unspecified atom stereocenters. The zero-order valence-corrected chi connectivity index (χ0v) is 6.13. The molecule has 0 bridgehead atoms. The van der Waals surface area contributed by atoms with Crippen molar-refractivity contribution in [3.63, 3.8) is 0 Å². The summed E-state index contributed by atoms with van der Waals surface area (Å²) in [7, 11) is 0. The molecule has 0 saturated carbocycles. The molecule has 0 amide bonds. The van der Waals surface area contributed by atoms with E-state index in [2.05, 4.69) is 4.98 Å². The van der Waals surface area contributed by atoms with Gasteiger partial charge in [-0.25, -0.2) is 4.98 Å². The van der Waals surface area contributed by atoms with E-state index in [1.54, 1.807) is 6.07 Å². The van der Waals surface area contributed by atoms with Gasteiger partial charge in [-0.15, -0.1) is 0 Å². The lowest BCUT2D eigenvalue weighted by atomic mass is 10.1. The summed E-state index contributed by atoms with van der Waals surface area (Å²) in [6.07, 6.45) is 0. The summed E-state index contributed by atoms with van der Waals surface area (Å²) < 4.78 is 12.4. The van der Waals surface area contributed by atoms with Gasteiger partial charge in [0.05, 0.1) is 0 Å². The van der Waals surface area contributed by atoms with Crippen LogP contribution in [0.2, 0.25) is 0 Å². The third kappa shape index (κ3) is 1.53. The average Bonchev–Trinajstić information content (AvgIpc) is 1.88. The lowest BCUT2D eigenvalue weighted by Crippen LogP contribution is -1.93. The first kappa shape index (κ1) is 7.19. The Labute approximate surface area is 59.9 Å². The van der Waals surface area contributed by atoms with Crippen LogP contribution in [0.1, 0.15) is 25.5 Å². The van der Waals surface area contributed by atoms with Crippen LogP contribution in [0.4, 0.5) is 4.39 Å². The van der Waals surface area contributed by atoms with Gasteiger partial charge in [0.2, 0.25) is 5.95 Å². The standard InChI is InChI=1S/C8H10FN/c1-6(2)7-4-3-5-8(9)10-7/h3-6H,1-2H3. The maximum Gasteiger partial charge on any atom is 0.213 e. The van der Waals surface area contributed by atoms with Crippen molar-refractivity contribution in [1.82, 2.24) is 4.98 Å². The highest BCUT2D eigenvalue weighted by Gasteiger charge is 1.99. The van der Waals surface area contributed by atoms with E-state index < -0.39 is 5.95 Å². The first-order chi connectivity index (χ1) is 4.70. The van der Waals surface area contributed by atoms with Crippen molar-refractivity contribution in [3.05, 3.63) is 29.8 Å². The van der Waals surface area contributed by atoms with E-state index in [0.29, 0.717) is 5.92 Å². The fourth-order valence-corrected chi connectivity index (χ4v) is 0.746. The summed E-state index contributed by atoms with van der Waals surface area (Å²) in [5.74, 6) is -0.0955. The highest BCUT2D eigenvalue weighted by atomic mass is 19.1. The van der Waals surface area contributed by atoms with Crippen LogP contribution in [-0.4, -0.2) is 4.98 Å². The Morgan fingerprint density at radius 2 is 2.10 bits per heavy atom. The van der Waals surface area contributed by atoms with Gasteiger partial charge in [0, 0.05) is 5.69 Å². The molecule has 0 radical (unpaired) electrons. The van der Waals surface area contributed by atoms with Crippen molar-refractivity contribution >= 4 is 0 Å². The van der Waals surface area contributed by atoms with Gasteiger partial charge in [-0.1, -0.05) is 19.9 Å². The van der Waals surface area contributed by atoms with Crippen molar-refractivity contribution in [1.29, 1.82) is 0 Å². The smallest absolute Gasteiger partial charge is 0.213 e. The molecular weight excluding hydrogens is 129 g/mol. The largest absolute Gasteiger partial charge is 0.225 e. The van der Waals surface area contributed by atoms with Crippen LogP contribution in [0, 0.1) is 5.95 Å². The predicted octanol–water partition coefficient (Wildman–Crippen LogP) is 2.34. The summed E-state index contributed by atoms with van der Waals surface area (Å²) >= 11 is 0. The molecule has 0 aliphatic carbocycles. The van der Waals surface area contributed by atoms with Crippen molar-refractivity contribution in [2.24, 2.45) is 0 Å². The molecule has 2 heteroatoms. The van der Waals surface area contributed by atoms with Crippen LogP contribution < -0.4 is 0 Å². The van der Waals surface area contributed by atoms with Crippen LogP contribution in [0.15, 0.2) is 18.2 Å². The van der Waals surface area contributed by atoms with E-state index in [4.69, 9.17) is 0 Å². The Hall–Kier alpha value is -0.920. The van der Waals surface area contributed by atoms with Crippen LogP contribution >= 0.6 is 0 Å². The van der Waals surface area contributed by atoms with E-state index in [1.165, 1.54) is 6.07 Å². The Bertz CT molecular complexity index is 220. The Balaban J connectivity index is 2.96. The fourth-order valence-electron chi connectivity index (χ4n) is 0.746. The molecule has 10 heavy (non-hydrogen) atoms. The second kappa shape index (κ2) is 2.78. The summed E-state index contributed by atoms with van der Waals surface area (Å²) in [5, 5.41) is 0. The van der Waals surface area contributed by atoms with Gasteiger partial charge in [0.25, 0.3) is 0 Å². The molecule has 0 saturated heterocycles. The third-order valence-electron chi connectivity index (χ3n) is 1.33. The van der Waals surface area contributed by atoms with Crippen molar-refractivity contribution < 1.29 is 4.39 Å². The Morgan fingerprint density at radius 3 is 2.50 bits per heavy atom. The van der Waals surface area contributed by atoms with Crippen LogP contribution in [0.25, 0.3) is 0 Å². The van der Waals surface area contributed by atoms with Gasteiger partial charge in [0.1, 0.15) is 0 Å². The molecule has 0 aliphatic heterocycles. The van der Waals surface area contributed by atoms with E-state index in [-0.39, 0.29) is 0 Å². The third-order valence-corrected chi connectivity index (χ3v) is 1.33. The second-order valence-electron chi connectivity index (χ2n) is 2.54. The minimum atomic E-state index is -0.397. The van der Waals surface area contributed by atoms with Crippen LogP contribution in [0.3, 0.4) is 0 Å². The zero-order chi connectivity index (χ0) is 7.56. The fraction of sp³-hybridized carbons (Fsp3) is 0.375. The SMILES string of the molecule is CC(C)c1cccc(F)n1. The molecule has 0 N–H and O–H groups in total. The van der Waals surface area contributed by atoms with Gasteiger partial charge in [-0.2, -0.15) is 4.39 Å². The summed E-state index contributed by atoms with van der Waals surface area (Å²) in [4.78, 5) is 3.71. The van der Waals surface area contributed by atoms with E-state index in [1.807, 2.05) is 19.9 Å². The maximum atomic E-state index is 12.4. The second-order valence-corrected chi connectivity index (χ2v) is 2.54. The predicted molar refractivity (Wildman–Crippen MR) is 38.3 cm³/mol. The number of nitrogens with zero attached hydrogens (tertiary/aromatic N) is 1. The highest BCUT2D eigenvalue weighted by molar-refractivity contribution is 5.07. The molecular formula is C8H10FN. The topological polar surface area (TPSA) is 12.9 Å². The molecule has 0 aliphatic rings. The van der Waals surface area contributed by atoms with E-state index in [9.17, 15) is 4.39 Å². The van der Waals surface area contributed by atoms with Crippen molar-refractivity contribution in [2.75, 3.05) is 0 Å². The van der Waals surface area contributed by atoms with Gasteiger partial charge in [-0.05, 0) is 18.1 Å². The van der Waals surface area contributed by atoms with Gasteiger partial charge in [-0.3, -0.25) is 0 Å². The van der Waals surface area contributed by atoms with Crippen LogP contribution in [0.5, 0.6) is 0 Å². The molecule has 0 fully saturated rings. The van der Waals surface area contributed by atoms with Crippen molar-refractivity contribution in [3.8, 4) is 0 Å². The molecule has 54 valence electrons. The van der Waals surface area contributed by atoms with E-state index >= 15 is 0 Å².